The van der Waals surface area contributed by atoms with E-state index < -0.39 is 10.1 Å². The molecule has 2 rings (SSSR count). The topological polar surface area (TPSA) is 86.6 Å². The highest BCUT2D eigenvalue weighted by atomic mass is 32.2. The lowest BCUT2D eigenvalue weighted by molar-refractivity contribution is 0.292. The first-order valence-electron chi connectivity index (χ1n) is 5.88. The molecule has 0 amide bonds. The molecule has 2 aromatic carbocycles. The van der Waals surface area contributed by atoms with Crippen LogP contribution in [0.2, 0.25) is 0 Å². The van der Waals surface area contributed by atoms with Crippen LogP contribution in [0.25, 0.3) is 10.8 Å². The van der Waals surface area contributed by atoms with Crippen LogP contribution in [0.1, 0.15) is 6.42 Å². The van der Waals surface area contributed by atoms with Gasteiger partial charge in [0.1, 0.15) is 4.90 Å². The zero-order valence-electron chi connectivity index (χ0n) is 10.2. The molecule has 6 heteroatoms. The summed E-state index contributed by atoms with van der Waals surface area (Å²) < 4.78 is 31.9. The third kappa shape index (κ3) is 3.04. The number of hydrogen-bond acceptors (Lipinski definition) is 4. The summed E-state index contributed by atoms with van der Waals surface area (Å²) in [5, 5.41) is 13.1. The normalized spacial score (nSPS) is 11.7. The lowest BCUT2D eigenvalue weighted by atomic mass is 10.1. The van der Waals surface area contributed by atoms with Crippen LogP contribution < -0.4 is 5.32 Å². The summed E-state index contributed by atoms with van der Waals surface area (Å²) in [7, 11) is -4.24. The van der Waals surface area contributed by atoms with Gasteiger partial charge in [0.25, 0.3) is 10.1 Å². The average Bonchev–Trinajstić information content (AvgIpc) is 2.37. The van der Waals surface area contributed by atoms with E-state index in [4.69, 9.17) is 5.11 Å². The van der Waals surface area contributed by atoms with Gasteiger partial charge in [-0.1, -0.05) is 24.3 Å². The van der Waals surface area contributed by atoms with Gasteiger partial charge in [-0.2, -0.15) is 8.42 Å². The quantitative estimate of drug-likeness (QED) is 0.575. The number of benzene rings is 2. The molecule has 2 aromatic rings. The van der Waals surface area contributed by atoms with Crippen LogP contribution in [0.15, 0.2) is 41.3 Å². The first-order valence-corrected chi connectivity index (χ1v) is 7.32. The molecule has 0 saturated carbocycles. The van der Waals surface area contributed by atoms with Gasteiger partial charge in [-0.15, -0.1) is 0 Å². The molecular formula is C13H15NO4S. The number of aliphatic hydroxyl groups excluding tert-OH is 1. The smallest absolute Gasteiger partial charge is 0.295 e. The Kier molecular flexibility index (Phi) is 4.04. The van der Waals surface area contributed by atoms with Crippen molar-refractivity contribution >= 4 is 26.6 Å². The van der Waals surface area contributed by atoms with E-state index in [0.29, 0.717) is 18.4 Å². The Morgan fingerprint density at radius 2 is 1.74 bits per heavy atom. The van der Waals surface area contributed by atoms with Crippen molar-refractivity contribution in [3.05, 3.63) is 36.4 Å². The standard InChI is InChI=1S/C13H15NO4S/c15-9-3-8-14-12-6-1-5-11-10(12)4-2-7-13(11)19(16,17)18/h1-2,4-7,14-15H,3,8-9H2,(H,16,17,18). The van der Waals surface area contributed by atoms with Crippen molar-refractivity contribution in [1.29, 1.82) is 0 Å². The predicted octanol–water partition coefficient (Wildman–Crippen LogP) is 1.88. The van der Waals surface area contributed by atoms with Gasteiger partial charge in [0.05, 0.1) is 0 Å². The lowest BCUT2D eigenvalue weighted by Crippen LogP contribution is -2.04. The van der Waals surface area contributed by atoms with Crippen LogP contribution in [-0.4, -0.2) is 31.2 Å². The fraction of sp³-hybridized carbons (Fsp3) is 0.231. The van der Waals surface area contributed by atoms with Gasteiger partial charge in [-0.05, 0) is 18.6 Å². The van der Waals surface area contributed by atoms with Crippen molar-refractivity contribution in [1.82, 2.24) is 0 Å². The Morgan fingerprint density at radius 1 is 1.05 bits per heavy atom. The fourth-order valence-corrected chi connectivity index (χ4v) is 2.67. The highest BCUT2D eigenvalue weighted by molar-refractivity contribution is 7.86. The van der Waals surface area contributed by atoms with Gasteiger partial charge in [0.15, 0.2) is 0 Å². The van der Waals surface area contributed by atoms with Gasteiger partial charge in [-0.25, -0.2) is 0 Å². The van der Waals surface area contributed by atoms with Gasteiger partial charge < -0.3 is 10.4 Å². The van der Waals surface area contributed by atoms with Crippen molar-refractivity contribution in [2.45, 2.75) is 11.3 Å². The molecule has 102 valence electrons. The van der Waals surface area contributed by atoms with E-state index in [1.165, 1.54) is 6.07 Å². The number of nitrogens with one attached hydrogen (secondary N) is 1. The number of hydrogen-bond donors (Lipinski definition) is 3. The second-order valence-electron chi connectivity index (χ2n) is 4.14. The van der Waals surface area contributed by atoms with Gasteiger partial charge in [0.2, 0.25) is 0 Å². The Balaban J connectivity index is 2.52. The summed E-state index contributed by atoms with van der Waals surface area (Å²) in [6.45, 7) is 0.680. The molecule has 19 heavy (non-hydrogen) atoms. The molecule has 0 aliphatic rings. The Morgan fingerprint density at radius 3 is 2.42 bits per heavy atom. The second-order valence-corrected chi connectivity index (χ2v) is 5.53. The van der Waals surface area contributed by atoms with Crippen molar-refractivity contribution in [2.75, 3.05) is 18.5 Å². The van der Waals surface area contributed by atoms with Crippen LogP contribution >= 0.6 is 0 Å². The molecule has 0 aliphatic heterocycles. The zero-order valence-corrected chi connectivity index (χ0v) is 11.0. The van der Waals surface area contributed by atoms with Crippen LogP contribution in [-0.2, 0) is 10.1 Å². The SMILES string of the molecule is O=S(=O)(O)c1cccc2c(NCCCO)cccc12. The third-order valence-electron chi connectivity index (χ3n) is 2.81. The maximum absolute atomic E-state index is 11.3. The summed E-state index contributed by atoms with van der Waals surface area (Å²) in [4.78, 5) is -0.101. The monoisotopic (exact) mass is 281 g/mol. The van der Waals surface area contributed by atoms with Gasteiger partial charge in [-0.3, -0.25) is 4.55 Å². The highest BCUT2D eigenvalue weighted by Gasteiger charge is 2.14. The zero-order chi connectivity index (χ0) is 13.9. The molecule has 0 radical (unpaired) electrons. The van der Waals surface area contributed by atoms with E-state index in [0.717, 1.165) is 11.1 Å². The minimum atomic E-state index is -4.24. The van der Waals surface area contributed by atoms with Crippen molar-refractivity contribution in [2.24, 2.45) is 0 Å². The van der Waals surface area contributed by atoms with Crippen LogP contribution in [0, 0.1) is 0 Å². The summed E-state index contributed by atoms with van der Waals surface area (Å²) in [6, 6.07) is 9.94. The average molecular weight is 281 g/mol. The molecular weight excluding hydrogens is 266 g/mol. The lowest BCUT2D eigenvalue weighted by Gasteiger charge is -2.10. The molecule has 0 unspecified atom stereocenters. The number of aliphatic hydroxyl groups is 1. The summed E-state index contributed by atoms with van der Waals surface area (Å²) in [5.74, 6) is 0. The molecule has 0 aliphatic carbocycles. The maximum atomic E-state index is 11.3. The van der Waals surface area contributed by atoms with E-state index in [1.54, 1.807) is 24.3 Å². The Bertz CT molecular complexity index is 682. The molecule has 5 nitrogen and oxygen atoms in total. The van der Waals surface area contributed by atoms with Crippen molar-refractivity contribution < 1.29 is 18.1 Å². The number of rotatable bonds is 5. The molecule has 0 heterocycles. The number of fused-ring (bicyclic) bond motifs is 1. The predicted molar refractivity (Wildman–Crippen MR) is 74.0 cm³/mol. The molecule has 0 spiro atoms. The minimum Gasteiger partial charge on any atom is -0.396 e. The molecule has 0 aromatic heterocycles. The molecule has 3 N–H and O–H groups in total. The summed E-state index contributed by atoms with van der Waals surface area (Å²) in [5.41, 5.74) is 0.774. The van der Waals surface area contributed by atoms with Gasteiger partial charge in [0, 0.05) is 29.6 Å². The summed E-state index contributed by atoms with van der Waals surface area (Å²) >= 11 is 0. The van der Waals surface area contributed by atoms with E-state index in [1.807, 2.05) is 6.07 Å². The fourth-order valence-electron chi connectivity index (χ4n) is 1.96. The first-order chi connectivity index (χ1) is 9.04. The first kappa shape index (κ1) is 13.8. The molecule has 0 saturated heterocycles. The largest absolute Gasteiger partial charge is 0.396 e. The highest BCUT2D eigenvalue weighted by Crippen LogP contribution is 2.28. The molecule has 0 bridgehead atoms. The van der Waals surface area contributed by atoms with Gasteiger partial charge >= 0.3 is 0 Å². The van der Waals surface area contributed by atoms with Crippen molar-refractivity contribution in [3.8, 4) is 0 Å². The van der Waals surface area contributed by atoms with Crippen molar-refractivity contribution in [3.63, 3.8) is 0 Å². The molecule has 0 atom stereocenters. The molecule has 0 fully saturated rings. The Labute approximate surface area is 111 Å². The maximum Gasteiger partial charge on any atom is 0.295 e. The van der Waals surface area contributed by atoms with E-state index in [2.05, 4.69) is 5.32 Å². The van der Waals surface area contributed by atoms with E-state index in [9.17, 15) is 13.0 Å². The number of anilines is 1. The van der Waals surface area contributed by atoms with E-state index in [-0.39, 0.29) is 11.5 Å². The minimum absolute atomic E-state index is 0.0913. The third-order valence-corrected chi connectivity index (χ3v) is 3.72. The van der Waals surface area contributed by atoms with Crippen LogP contribution in [0.4, 0.5) is 5.69 Å². The van der Waals surface area contributed by atoms with Crippen LogP contribution in [0.5, 0.6) is 0 Å². The summed E-state index contributed by atoms with van der Waals surface area (Å²) in [6.07, 6.45) is 0.606. The Hall–Kier alpha value is -1.63. The second kappa shape index (κ2) is 5.56. The van der Waals surface area contributed by atoms with E-state index >= 15 is 0 Å². The van der Waals surface area contributed by atoms with Crippen LogP contribution in [0.3, 0.4) is 0 Å².